The van der Waals surface area contributed by atoms with Gasteiger partial charge in [0.15, 0.2) is 0 Å². The van der Waals surface area contributed by atoms with Crippen LogP contribution in [0.5, 0.6) is 5.75 Å². The summed E-state index contributed by atoms with van der Waals surface area (Å²) in [6, 6.07) is 8.33. The Kier molecular flexibility index (Phi) is 7.39. The van der Waals surface area contributed by atoms with Gasteiger partial charge >= 0.3 is 5.97 Å². The molecular weight excluding hydrogens is 398 g/mol. The lowest BCUT2D eigenvalue weighted by Crippen LogP contribution is -2.30. The van der Waals surface area contributed by atoms with Crippen molar-refractivity contribution in [2.24, 2.45) is 0 Å². The number of nitro benzene ring substituents is 2. The molecule has 2 aromatic carbocycles. The Labute approximate surface area is 170 Å². The van der Waals surface area contributed by atoms with E-state index < -0.39 is 39.1 Å². The van der Waals surface area contributed by atoms with Crippen molar-refractivity contribution >= 4 is 23.3 Å². The van der Waals surface area contributed by atoms with E-state index >= 15 is 0 Å². The van der Waals surface area contributed by atoms with Gasteiger partial charge in [-0.25, -0.2) is 0 Å². The molecule has 0 aromatic heterocycles. The number of carbonyl (C=O) groups is 2. The van der Waals surface area contributed by atoms with Crippen molar-refractivity contribution in [3.8, 4) is 5.75 Å². The Balaban J connectivity index is 2.36. The Bertz CT molecular complexity index is 927. The number of rotatable bonds is 9. The van der Waals surface area contributed by atoms with Crippen molar-refractivity contribution < 1.29 is 28.9 Å². The summed E-state index contributed by atoms with van der Waals surface area (Å²) in [4.78, 5) is 45.1. The highest BCUT2D eigenvalue weighted by atomic mass is 16.6. The molecule has 11 heteroatoms. The van der Waals surface area contributed by atoms with Gasteiger partial charge in [-0.1, -0.05) is 12.1 Å². The summed E-state index contributed by atoms with van der Waals surface area (Å²) in [5.41, 5.74) is -0.920. The monoisotopic (exact) mass is 417 g/mol. The van der Waals surface area contributed by atoms with Crippen LogP contribution >= 0.6 is 0 Å². The molecule has 0 aliphatic carbocycles. The van der Waals surface area contributed by atoms with E-state index in [0.717, 1.165) is 18.2 Å². The molecule has 0 radical (unpaired) electrons. The van der Waals surface area contributed by atoms with Gasteiger partial charge in [0.05, 0.1) is 47.7 Å². The molecule has 0 aliphatic rings. The number of hydrogen-bond donors (Lipinski definition) is 1. The van der Waals surface area contributed by atoms with Crippen LogP contribution in [0.3, 0.4) is 0 Å². The van der Waals surface area contributed by atoms with Crippen molar-refractivity contribution in [3.63, 3.8) is 0 Å². The van der Waals surface area contributed by atoms with E-state index in [2.05, 4.69) is 5.32 Å². The van der Waals surface area contributed by atoms with E-state index in [1.165, 1.54) is 7.11 Å². The third-order valence-corrected chi connectivity index (χ3v) is 4.09. The number of methoxy groups -OCH3 is 1. The van der Waals surface area contributed by atoms with Crippen LogP contribution in [0.25, 0.3) is 0 Å². The average Bonchev–Trinajstić information content (AvgIpc) is 2.73. The van der Waals surface area contributed by atoms with Crippen molar-refractivity contribution in [2.45, 2.75) is 19.4 Å². The third-order valence-electron chi connectivity index (χ3n) is 4.09. The quantitative estimate of drug-likeness (QED) is 0.371. The lowest BCUT2D eigenvalue weighted by Gasteiger charge is -2.19. The van der Waals surface area contributed by atoms with Gasteiger partial charge in [0.25, 0.3) is 17.3 Å². The lowest BCUT2D eigenvalue weighted by atomic mass is 10.0. The maximum atomic E-state index is 12.7. The molecule has 158 valence electrons. The molecule has 0 saturated heterocycles. The number of amides is 1. The van der Waals surface area contributed by atoms with Crippen LogP contribution in [-0.4, -0.2) is 35.4 Å². The molecule has 0 saturated carbocycles. The molecule has 1 amide bonds. The molecule has 0 fully saturated rings. The number of non-ortho nitro benzene ring substituents is 2. The third kappa shape index (κ3) is 5.74. The van der Waals surface area contributed by atoms with E-state index in [9.17, 15) is 29.8 Å². The summed E-state index contributed by atoms with van der Waals surface area (Å²) < 4.78 is 10.0. The van der Waals surface area contributed by atoms with Crippen molar-refractivity contribution in [1.82, 2.24) is 5.32 Å². The van der Waals surface area contributed by atoms with Gasteiger partial charge in [-0.05, 0) is 24.6 Å². The summed E-state index contributed by atoms with van der Waals surface area (Å²) in [6.45, 7) is 1.79. The molecule has 1 N–H and O–H groups in total. The van der Waals surface area contributed by atoms with Gasteiger partial charge in [-0.2, -0.15) is 0 Å². The van der Waals surface area contributed by atoms with Crippen molar-refractivity contribution in [3.05, 3.63) is 73.8 Å². The molecule has 0 spiro atoms. The van der Waals surface area contributed by atoms with Gasteiger partial charge in [-0.3, -0.25) is 29.8 Å². The highest BCUT2D eigenvalue weighted by molar-refractivity contribution is 5.96. The van der Waals surface area contributed by atoms with Gasteiger partial charge in [-0.15, -0.1) is 0 Å². The minimum atomic E-state index is -0.833. The fraction of sp³-hybridized carbons (Fsp3) is 0.263. The fourth-order valence-corrected chi connectivity index (χ4v) is 2.65. The van der Waals surface area contributed by atoms with Crippen molar-refractivity contribution in [2.75, 3.05) is 13.7 Å². The molecule has 0 bridgehead atoms. The number of benzene rings is 2. The standard InChI is InChI=1S/C19H19N3O8/c1-3-30-18(23)11-17(12-4-6-16(29-2)7-5-12)20-19(24)13-8-14(21(25)26)10-15(9-13)22(27)28/h4-10,17H,3,11H2,1-2H3,(H,20,24)/t17-/m0/s1. The zero-order valence-corrected chi connectivity index (χ0v) is 16.2. The fourth-order valence-electron chi connectivity index (χ4n) is 2.65. The highest BCUT2D eigenvalue weighted by Gasteiger charge is 2.24. The van der Waals surface area contributed by atoms with Crippen LogP contribution in [0.15, 0.2) is 42.5 Å². The zero-order valence-electron chi connectivity index (χ0n) is 16.2. The minimum absolute atomic E-state index is 0.152. The number of ether oxygens (including phenoxy) is 2. The summed E-state index contributed by atoms with van der Waals surface area (Å²) in [5.74, 6) is -0.815. The first-order chi connectivity index (χ1) is 14.2. The predicted molar refractivity (Wildman–Crippen MR) is 104 cm³/mol. The van der Waals surface area contributed by atoms with Crippen LogP contribution in [0.2, 0.25) is 0 Å². The largest absolute Gasteiger partial charge is 0.497 e. The molecule has 2 aromatic rings. The number of esters is 1. The van der Waals surface area contributed by atoms with E-state index in [4.69, 9.17) is 9.47 Å². The Morgan fingerprint density at radius 1 is 1.03 bits per heavy atom. The number of nitrogens with zero attached hydrogens (tertiary/aromatic N) is 2. The lowest BCUT2D eigenvalue weighted by molar-refractivity contribution is -0.394. The second kappa shape index (κ2) is 9.96. The van der Waals surface area contributed by atoms with Crippen LogP contribution in [0.1, 0.15) is 35.3 Å². The summed E-state index contributed by atoms with van der Waals surface area (Å²) in [5, 5.41) is 24.7. The maximum Gasteiger partial charge on any atom is 0.308 e. The number of nitro groups is 2. The number of carbonyl (C=O) groups excluding carboxylic acids is 2. The molecule has 0 unspecified atom stereocenters. The Hall–Kier alpha value is -4.02. The average molecular weight is 417 g/mol. The predicted octanol–water partition coefficient (Wildman–Crippen LogP) is 2.94. The summed E-state index contributed by atoms with van der Waals surface area (Å²) in [7, 11) is 1.49. The van der Waals surface area contributed by atoms with Crippen LogP contribution < -0.4 is 10.1 Å². The van der Waals surface area contributed by atoms with Crippen LogP contribution in [-0.2, 0) is 9.53 Å². The zero-order chi connectivity index (χ0) is 22.3. The number of nitrogens with one attached hydrogen (secondary N) is 1. The molecule has 0 heterocycles. The minimum Gasteiger partial charge on any atom is -0.497 e. The van der Waals surface area contributed by atoms with Crippen LogP contribution in [0.4, 0.5) is 11.4 Å². The van der Waals surface area contributed by atoms with E-state index in [1.807, 2.05) is 0 Å². The Morgan fingerprint density at radius 3 is 2.07 bits per heavy atom. The topological polar surface area (TPSA) is 151 Å². The second-order valence-corrected chi connectivity index (χ2v) is 6.06. The molecule has 2 rings (SSSR count). The highest BCUT2D eigenvalue weighted by Crippen LogP contribution is 2.25. The molecule has 1 atom stereocenters. The normalized spacial score (nSPS) is 11.3. The first kappa shape index (κ1) is 22.3. The van der Waals surface area contributed by atoms with Gasteiger partial charge in [0, 0.05) is 12.1 Å². The second-order valence-electron chi connectivity index (χ2n) is 6.06. The first-order valence-corrected chi connectivity index (χ1v) is 8.79. The molecule has 0 aliphatic heterocycles. The molecule has 11 nitrogen and oxygen atoms in total. The Morgan fingerprint density at radius 2 is 1.60 bits per heavy atom. The maximum absolute atomic E-state index is 12.7. The van der Waals surface area contributed by atoms with Gasteiger partial charge in [0.1, 0.15) is 5.75 Å². The van der Waals surface area contributed by atoms with Crippen LogP contribution in [0, 0.1) is 20.2 Å². The van der Waals surface area contributed by atoms with Gasteiger partial charge in [0.2, 0.25) is 0 Å². The summed E-state index contributed by atoms with van der Waals surface area (Å²) >= 11 is 0. The molecular formula is C19H19N3O8. The smallest absolute Gasteiger partial charge is 0.308 e. The summed E-state index contributed by atoms with van der Waals surface area (Å²) in [6.07, 6.45) is -0.205. The van der Waals surface area contributed by atoms with E-state index in [-0.39, 0.29) is 18.6 Å². The van der Waals surface area contributed by atoms with Crippen molar-refractivity contribution in [1.29, 1.82) is 0 Å². The molecule has 30 heavy (non-hydrogen) atoms. The van der Waals surface area contributed by atoms with E-state index in [1.54, 1.807) is 31.2 Å². The van der Waals surface area contributed by atoms with E-state index in [0.29, 0.717) is 11.3 Å². The SMILES string of the molecule is CCOC(=O)C[C@H](NC(=O)c1cc([N+](=O)[O-])cc([N+](=O)[O-])c1)c1ccc(OC)cc1. The first-order valence-electron chi connectivity index (χ1n) is 8.79. The number of hydrogen-bond acceptors (Lipinski definition) is 8. The van der Waals surface area contributed by atoms with Gasteiger partial charge < -0.3 is 14.8 Å².